The molecule has 0 amide bonds. The van der Waals surface area contributed by atoms with Gasteiger partial charge >= 0.3 is 0 Å². The van der Waals surface area contributed by atoms with Crippen molar-refractivity contribution in [3.05, 3.63) is 23.8 Å². The Hall–Kier alpha value is -0.830. The fourth-order valence-corrected chi connectivity index (χ4v) is 3.17. The van der Waals surface area contributed by atoms with Gasteiger partial charge in [0.1, 0.15) is 0 Å². The van der Waals surface area contributed by atoms with E-state index in [1.165, 1.54) is 29.2 Å². The van der Waals surface area contributed by atoms with Crippen molar-refractivity contribution in [3.8, 4) is 0 Å². The molecule has 0 radical (unpaired) electrons. The van der Waals surface area contributed by atoms with Crippen molar-refractivity contribution < 1.29 is 0 Å². The van der Waals surface area contributed by atoms with E-state index in [0.717, 1.165) is 18.2 Å². The van der Waals surface area contributed by atoms with Gasteiger partial charge in [-0.05, 0) is 54.5 Å². The number of hydrogen-bond acceptors (Lipinski definition) is 3. The van der Waals surface area contributed by atoms with E-state index >= 15 is 0 Å². The Morgan fingerprint density at radius 2 is 2.40 bits per heavy atom. The Labute approximate surface area is 95.6 Å². The molecule has 0 saturated carbocycles. The lowest BCUT2D eigenvalue weighted by Crippen LogP contribution is -2.14. The summed E-state index contributed by atoms with van der Waals surface area (Å²) in [7, 11) is 0. The van der Waals surface area contributed by atoms with Gasteiger partial charge in [-0.2, -0.15) is 11.8 Å². The van der Waals surface area contributed by atoms with Gasteiger partial charge < -0.3 is 11.1 Å². The van der Waals surface area contributed by atoms with E-state index in [-0.39, 0.29) is 0 Å². The van der Waals surface area contributed by atoms with Gasteiger partial charge in [-0.3, -0.25) is 0 Å². The molecule has 3 heteroatoms. The number of nitrogens with one attached hydrogen (secondary N) is 1. The first kappa shape index (κ1) is 10.7. The minimum absolute atomic E-state index is 0.840. The Morgan fingerprint density at radius 1 is 1.53 bits per heavy atom. The Morgan fingerprint density at radius 3 is 3.07 bits per heavy atom. The summed E-state index contributed by atoms with van der Waals surface area (Å²) < 4.78 is 0. The number of hydrogen-bond donors (Lipinski definition) is 2. The summed E-state index contributed by atoms with van der Waals surface area (Å²) >= 11 is 2.06. The van der Waals surface area contributed by atoms with Crippen LogP contribution in [-0.4, -0.2) is 18.1 Å². The molecule has 1 unspecified atom stereocenters. The van der Waals surface area contributed by atoms with Crippen LogP contribution in [0.3, 0.4) is 0 Å². The normalized spacial score (nSPS) is 20.5. The molecule has 0 bridgehead atoms. The zero-order chi connectivity index (χ0) is 10.7. The lowest BCUT2D eigenvalue weighted by molar-refractivity contribution is 0.631. The predicted molar refractivity (Wildman–Crippen MR) is 69.5 cm³/mol. The minimum Gasteiger partial charge on any atom is -0.399 e. The SMILES string of the molecule is Cc1cc(N)ccc1NCC1CCSC1. The molecular formula is C12H18N2S. The number of rotatable bonds is 3. The van der Waals surface area contributed by atoms with Crippen molar-refractivity contribution in [2.75, 3.05) is 29.1 Å². The molecule has 3 N–H and O–H groups in total. The number of nitrogens with two attached hydrogens (primary N) is 1. The Bertz CT molecular complexity index is 332. The molecule has 15 heavy (non-hydrogen) atoms. The van der Waals surface area contributed by atoms with Crippen LogP contribution in [0.5, 0.6) is 0 Å². The van der Waals surface area contributed by atoms with Crippen molar-refractivity contribution in [1.82, 2.24) is 0 Å². The van der Waals surface area contributed by atoms with Gasteiger partial charge in [0.15, 0.2) is 0 Å². The van der Waals surface area contributed by atoms with Crippen LogP contribution in [0.15, 0.2) is 18.2 Å². The first-order chi connectivity index (χ1) is 7.25. The largest absolute Gasteiger partial charge is 0.399 e. The van der Waals surface area contributed by atoms with Gasteiger partial charge in [-0.25, -0.2) is 0 Å². The Balaban J connectivity index is 1.92. The minimum atomic E-state index is 0.840. The molecule has 0 aromatic heterocycles. The monoisotopic (exact) mass is 222 g/mol. The zero-order valence-corrected chi connectivity index (χ0v) is 9.94. The summed E-state index contributed by atoms with van der Waals surface area (Å²) in [5.41, 5.74) is 9.02. The van der Waals surface area contributed by atoms with Gasteiger partial charge in [-0.15, -0.1) is 0 Å². The van der Waals surface area contributed by atoms with Crippen molar-refractivity contribution in [2.24, 2.45) is 5.92 Å². The first-order valence-electron chi connectivity index (χ1n) is 5.43. The topological polar surface area (TPSA) is 38.0 Å². The van der Waals surface area contributed by atoms with Crippen LogP contribution in [0, 0.1) is 12.8 Å². The van der Waals surface area contributed by atoms with E-state index in [4.69, 9.17) is 5.73 Å². The maximum absolute atomic E-state index is 5.71. The lowest BCUT2D eigenvalue weighted by atomic mass is 10.1. The van der Waals surface area contributed by atoms with Gasteiger partial charge in [0.05, 0.1) is 0 Å². The van der Waals surface area contributed by atoms with Crippen LogP contribution in [0.4, 0.5) is 11.4 Å². The van der Waals surface area contributed by atoms with Gasteiger partial charge in [0.2, 0.25) is 0 Å². The number of benzene rings is 1. The summed E-state index contributed by atoms with van der Waals surface area (Å²) in [6, 6.07) is 6.05. The van der Waals surface area contributed by atoms with Crippen LogP contribution < -0.4 is 11.1 Å². The van der Waals surface area contributed by atoms with E-state index in [1.807, 2.05) is 12.1 Å². The zero-order valence-electron chi connectivity index (χ0n) is 9.12. The number of aryl methyl sites for hydroxylation is 1. The third kappa shape index (κ3) is 2.81. The highest BCUT2D eigenvalue weighted by Gasteiger charge is 2.14. The maximum atomic E-state index is 5.71. The molecule has 0 aliphatic carbocycles. The van der Waals surface area contributed by atoms with Gasteiger partial charge in [-0.1, -0.05) is 0 Å². The van der Waals surface area contributed by atoms with Crippen LogP contribution in [0.25, 0.3) is 0 Å². The molecule has 2 nitrogen and oxygen atoms in total. The summed E-state index contributed by atoms with van der Waals surface area (Å²) in [5, 5.41) is 3.51. The van der Waals surface area contributed by atoms with E-state index in [2.05, 4.69) is 30.1 Å². The standard InChI is InChI=1S/C12H18N2S/c1-9-6-11(13)2-3-12(9)14-7-10-4-5-15-8-10/h2-3,6,10,14H,4-5,7-8,13H2,1H3. The second-order valence-corrected chi connectivity index (χ2v) is 5.33. The quantitative estimate of drug-likeness (QED) is 0.772. The van der Waals surface area contributed by atoms with Crippen molar-refractivity contribution in [1.29, 1.82) is 0 Å². The third-order valence-electron chi connectivity index (χ3n) is 2.86. The van der Waals surface area contributed by atoms with E-state index in [1.54, 1.807) is 0 Å². The predicted octanol–water partition coefficient (Wildman–Crippen LogP) is 2.74. The fraction of sp³-hybridized carbons (Fsp3) is 0.500. The van der Waals surface area contributed by atoms with E-state index in [9.17, 15) is 0 Å². The summed E-state index contributed by atoms with van der Waals surface area (Å²) in [5.74, 6) is 3.47. The molecule has 1 atom stereocenters. The summed E-state index contributed by atoms with van der Waals surface area (Å²) in [6.07, 6.45) is 1.35. The van der Waals surface area contributed by atoms with Crippen molar-refractivity contribution >= 4 is 23.1 Å². The van der Waals surface area contributed by atoms with Gasteiger partial charge in [0.25, 0.3) is 0 Å². The molecule has 1 aliphatic rings. The number of anilines is 2. The highest BCUT2D eigenvalue weighted by atomic mass is 32.2. The molecule has 2 rings (SSSR count). The second-order valence-electron chi connectivity index (χ2n) is 4.18. The average molecular weight is 222 g/mol. The number of nitrogen functional groups attached to an aromatic ring is 1. The molecule has 1 heterocycles. The van der Waals surface area contributed by atoms with E-state index < -0.39 is 0 Å². The van der Waals surface area contributed by atoms with Crippen LogP contribution in [-0.2, 0) is 0 Å². The second kappa shape index (κ2) is 4.79. The fourth-order valence-electron chi connectivity index (χ4n) is 1.88. The third-order valence-corrected chi connectivity index (χ3v) is 4.09. The molecule has 0 spiro atoms. The highest BCUT2D eigenvalue weighted by Crippen LogP contribution is 2.24. The highest BCUT2D eigenvalue weighted by molar-refractivity contribution is 7.99. The molecule has 82 valence electrons. The van der Waals surface area contributed by atoms with Crippen LogP contribution in [0.1, 0.15) is 12.0 Å². The van der Waals surface area contributed by atoms with E-state index in [0.29, 0.717) is 0 Å². The smallest absolute Gasteiger partial charge is 0.0371 e. The molecule has 1 saturated heterocycles. The first-order valence-corrected chi connectivity index (χ1v) is 6.59. The molecule has 1 aromatic rings. The maximum Gasteiger partial charge on any atom is 0.0371 e. The molecule has 1 aromatic carbocycles. The van der Waals surface area contributed by atoms with Crippen LogP contribution >= 0.6 is 11.8 Å². The van der Waals surface area contributed by atoms with Gasteiger partial charge in [0, 0.05) is 17.9 Å². The molecule has 1 fully saturated rings. The molecule has 1 aliphatic heterocycles. The lowest BCUT2D eigenvalue weighted by Gasteiger charge is -2.13. The summed E-state index contributed by atoms with van der Waals surface area (Å²) in [4.78, 5) is 0. The van der Waals surface area contributed by atoms with Crippen molar-refractivity contribution in [2.45, 2.75) is 13.3 Å². The summed E-state index contributed by atoms with van der Waals surface area (Å²) in [6.45, 7) is 3.19. The van der Waals surface area contributed by atoms with Crippen LogP contribution in [0.2, 0.25) is 0 Å². The molecular weight excluding hydrogens is 204 g/mol. The van der Waals surface area contributed by atoms with Crippen molar-refractivity contribution in [3.63, 3.8) is 0 Å². The average Bonchev–Trinajstić information content (AvgIpc) is 2.69. The Kier molecular flexibility index (Phi) is 3.41. The number of thioether (sulfide) groups is 1.